The molecule has 1 unspecified atom stereocenters. The molecule has 1 aliphatic rings. The number of aliphatic hydroxyl groups excluding tert-OH is 1. The minimum absolute atomic E-state index is 0.450. The smallest absolute Gasteiger partial charge is 0.134 e. The quantitative estimate of drug-likeness (QED) is 0.891. The van der Waals surface area contributed by atoms with Crippen LogP contribution in [0.25, 0.3) is 0 Å². The van der Waals surface area contributed by atoms with Crippen molar-refractivity contribution in [1.82, 2.24) is 4.98 Å². The maximum absolute atomic E-state index is 9.90. The van der Waals surface area contributed by atoms with Crippen molar-refractivity contribution in [3.8, 4) is 0 Å². The highest BCUT2D eigenvalue weighted by Crippen LogP contribution is 2.29. The number of hydrogen-bond acceptors (Lipinski definition) is 3. The maximum Gasteiger partial charge on any atom is 0.134 e. The fourth-order valence-corrected chi connectivity index (χ4v) is 2.86. The minimum atomic E-state index is -0.450. The summed E-state index contributed by atoms with van der Waals surface area (Å²) < 4.78 is 0. The Morgan fingerprint density at radius 2 is 2.28 bits per heavy atom. The Morgan fingerprint density at radius 1 is 1.44 bits per heavy atom. The number of nitrogens with zero attached hydrogens (tertiary/aromatic N) is 2. The van der Waals surface area contributed by atoms with Gasteiger partial charge in [-0.15, -0.1) is 0 Å². The van der Waals surface area contributed by atoms with Crippen molar-refractivity contribution in [2.75, 3.05) is 11.4 Å². The summed E-state index contributed by atoms with van der Waals surface area (Å²) in [5.41, 5.74) is 0.956. The molecule has 100 valence electrons. The number of rotatable bonds is 3. The molecule has 3 nitrogen and oxygen atoms in total. The molecule has 18 heavy (non-hydrogen) atoms. The fraction of sp³-hybridized carbons (Fsp3) is 0.667. The van der Waals surface area contributed by atoms with E-state index in [9.17, 15) is 5.11 Å². The Bertz CT molecular complexity index is 379. The average molecular weight is 248 g/mol. The molecule has 0 amide bonds. The van der Waals surface area contributed by atoms with Gasteiger partial charge in [0.1, 0.15) is 5.82 Å². The number of aromatic nitrogens is 1. The second kappa shape index (κ2) is 6.19. The third-order valence-corrected chi connectivity index (χ3v) is 3.89. The van der Waals surface area contributed by atoms with Gasteiger partial charge in [0, 0.05) is 24.3 Å². The number of pyridine rings is 1. The molecular formula is C15H24N2O. The lowest BCUT2D eigenvalue weighted by molar-refractivity contribution is 0.199. The highest BCUT2D eigenvalue weighted by Gasteiger charge is 2.23. The van der Waals surface area contributed by atoms with Gasteiger partial charge in [-0.3, -0.25) is 0 Å². The highest BCUT2D eigenvalue weighted by molar-refractivity contribution is 5.48. The Balaban J connectivity index is 2.32. The van der Waals surface area contributed by atoms with Gasteiger partial charge in [0.05, 0.1) is 6.10 Å². The molecule has 0 spiro atoms. The van der Waals surface area contributed by atoms with Crippen LogP contribution in [0.4, 0.5) is 5.82 Å². The van der Waals surface area contributed by atoms with Gasteiger partial charge in [-0.05, 0) is 32.3 Å². The lowest BCUT2D eigenvalue weighted by Gasteiger charge is -2.32. The third kappa shape index (κ3) is 2.83. The Morgan fingerprint density at radius 3 is 3.00 bits per heavy atom. The largest absolute Gasteiger partial charge is 0.389 e. The van der Waals surface area contributed by atoms with Crippen LogP contribution in [0.5, 0.6) is 0 Å². The predicted molar refractivity (Wildman–Crippen MR) is 74.8 cm³/mol. The van der Waals surface area contributed by atoms with Gasteiger partial charge in [0.25, 0.3) is 0 Å². The summed E-state index contributed by atoms with van der Waals surface area (Å²) in [4.78, 5) is 6.94. The van der Waals surface area contributed by atoms with E-state index in [1.165, 1.54) is 25.7 Å². The average Bonchev–Trinajstić information content (AvgIpc) is 2.63. The standard InChI is InChI=1S/C15H24N2O/c1-3-13-8-5-4-6-11-17(13)15-14(12(2)18)9-7-10-16-15/h7,9-10,12-13,18H,3-6,8,11H2,1-2H3/t12-,13?/m1/s1. The van der Waals surface area contributed by atoms with Gasteiger partial charge >= 0.3 is 0 Å². The minimum Gasteiger partial charge on any atom is -0.389 e. The zero-order chi connectivity index (χ0) is 13.0. The van der Waals surface area contributed by atoms with E-state index in [0.29, 0.717) is 6.04 Å². The van der Waals surface area contributed by atoms with Gasteiger partial charge in [0.15, 0.2) is 0 Å². The van der Waals surface area contributed by atoms with E-state index < -0.39 is 6.10 Å². The topological polar surface area (TPSA) is 36.4 Å². The molecule has 1 aliphatic heterocycles. The zero-order valence-electron chi connectivity index (χ0n) is 11.5. The molecule has 3 heteroatoms. The van der Waals surface area contributed by atoms with E-state index in [-0.39, 0.29) is 0 Å². The third-order valence-electron chi connectivity index (χ3n) is 3.89. The number of hydrogen-bond donors (Lipinski definition) is 1. The summed E-state index contributed by atoms with van der Waals surface area (Å²) in [6, 6.07) is 4.47. The van der Waals surface area contributed by atoms with Crippen molar-refractivity contribution >= 4 is 5.82 Å². The lowest BCUT2D eigenvalue weighted by Crippen LogP contribution is -2.36. The molecule has 1 aromatic rings. The highest BCUT2D eigenvalue weighted by atomic mass is 16.3. The fourth-order valence-electron chi connectivity index (χ4n) is 2.86. The lowest BCUT2D eigenvalue weighted by atomic mass is 10.1. The van der Waals surface area contributed by atoms with Crippen molar-refractivity contribution in [1.29, 1.82) is 0 Å². The van der Waals surface area contributed by atoms with Crippen LogP contribution in [-0.2, 0) is 0 Å². The normalized spacial score (nSPS) is 22.6. The molecule has 0 aliphatic carbocycles. The van der Waals surface area contributed by atoms with Crippen molar-refractivity contribution in [2.24, 2.45) is 0 Å². The van der Waals surface area contributed by atoms with E-state index in [1.54, 1.807) is 0 Å². The van der Waals surface area contributed by atoms with Crippen LogP contribution < -0.4 is 4.90 Å². The second-order valence-corrected chi connectivity index (χ2v) is 5.20. The van der Waals surface area contributed by atoms with Crippen LogP contribution >= 0.6 is 0 Å². The molecule has 1 N–H and O–H groups in total. The molecular weight excluding hydrogens is 224 g/mol. The van der Waals surface area contributed by atoms with Crippen LogP contribution in [0, 0.1) is 0 Å². The molecule has 0 bridgehead atoms. The van der Waals surface area contributed by atoms with Crippen molar-refractivity contribution in [2.45, 2.75) is 58.1 Å². The molecule has 0 radical (unpaired) electrons. The van der Waals surface area contributed by atoms with E-state index >= 15 is 0 Å². The summed E-state index contributed by atoms with van der Waals surface area (Å²) in [5.74, 6) is 0.987. The van der Waals surface area contributed by atoms with Crippen LogP contribution in [0.1, 0.15) is 57.6 Å². The van der Waals surface area contributed by atoms with Gasteiger partial charge < -0.3 is 10.0 Å². The first-order valence-electron chi connectivity index (χ1n) is 7.13. The Labute approximate surface area is 110 Å². The molecule has 2 atom stereocenters. The zero-order valence-corrected chi connectivity index (χ0v) is 11.5. The van der Waals surface area contributed by atoms with E-state index in [0.717, 1.165) is 24.3 Å². The van der Waals surface area contributed by atoms with E-state index in [1.807, 2.05) is 25.3 Å². The van der Waals surface area contributed by atoms with Crippen molar-refractivity contribution in [3.63, 3.8) is 0 Å². The Kier molecular flexibility index (Phi) is 4.59. The van der Waals surface area contributed by atoms with Gasteiger partial charge in [-0.2, -0.15) is 0 Å². The summed E-state index contributed by atoms with van der Waals surface area (Å²) in [6.07, 6.45) is 7.62. The summed E-state index contributed by atoms with van der Waals surface area (Å²) in [5, 5.41) is 9.90. The molecule has 2 heterocycles. The number of anilines is 1. The van der Waals surface area contributed by atoms with Gasteiger partial charge in [-0.25, -0.2) is 4.98 Å². The second-order valence-electron chi connectivity index (χ2n) is 5.20. The molecule has 1 saturated heterocycles. The Hall–Kier alpha value is -1.09. The molecule has 2 rings (SSSR count). The number of aliphatic hydroxyl groups is 1. The SMILES string of the molecule is CCC1CCCCCN1c1ncccc1[C@@H](C)O. The van der Waals surface area contributed by atoms with Crippen LogP contribution in [-0.4, -0.2) is 22.7 Å². The molecule has 0 aromatic carbocycles. The molecule has 1 aromatic heterocycles. The van der Waals surface area contributed by atoms with Crippen molar-refractivity contribution < 1.29 is 5.11 Å². The molecule has 1 fully saturated rings. The first-order chi connectivity index (χ1) is 8.74. The first kappa shape index (κ1) is 13.3. The van der Waals surface area contributed by atoms with E-state index in [2.05, 4.69) is 16.8 Å². The van der Waals surface area contributed by atoms with Gasteiger partial charge in [0.2, 0.25) is 0 Å². The van der Waals surface area contributed by atoms with Gasteiger partial charge in [-0.1, -0.05) is 25.8 Å². The van der Waals surface area contributed by atoms with Crippen LogP contribution in [0.3, 0.4) is 0 Å². The predicted octanol–water partition coefficient (Wildman–Crippen LogP) is 3.29. The maximum atomic E-state index is 9.90. The summed E-state index contributed by atoms with van der Waals surface area (Å²) >= 11 is 0. The van der Waals surface area contributed by atoms with Crippen LogP contribution in [0.15, 0.2) is 18.3 Å². The van der Waals surface area contributed by atoms with Crippen LogP contribution in [0.2, 0.25) is 0 Å². The molecule has 0 saturated carbocycles. The summed E-state index contributed by atoms with van der Waals surface area (Å²) in [6.45, 7) is 5.13. The van der Waals surface area contributed by atoms with Crippen molar-refractivity contribution in [3.05, 3.63) is 23.9 Å². The monoisotopic (exact) mass is 248 g/mol. The first-order valence-corrected chi connectivity index (χ1v) is 7.13. The summed E-state index contributed by atoms with van der Waals surface area (Å²) in [7, 11) is 0. The van der Waals surface area contributed by atoms with E-state index in [4.69, 9.17) is 0 Å².